The number of fused-ring (bicyclic) bond motifs is 2. The molecule has 3 rings (SSSR count). The summed E-state index contributed by atoms with van der Waals surface area (Å²) in [4.78, 5) is 8.57. The lowest BCUT2D eigenvalue weighted by atomic mass is 10.0. The number of carbonyl (C=O) groups is 1. The van der Waals surface area contributed by atoms with Gasteiger partial charge in [0.15, 0.2) is 0 Å². The summed E-state index contributed by atoms with van der Waals surface area (Å²) in [5, 5.41) is 5.25. The average molecular weight is 243 g/mol. The molecule has 3 aromatic carbocycles. The Kier molecular flexibility index (Phi) is 3.73. The quantitative estimate of drug-likeness (QED) is 0.324. The largest absolute Gasteiger partial charge is 0.285 e. The van der Waals surface area contributed by atoms with Gasteiger partial charge in [0.2, 0.25) is 5.75 Å². The van der Waals surface area contributed by atoms with E-state index < -0.39 is 0 Å². The second-order valence-electron chi connectivity index (χ2n) is 3.64. The summed E-state index contributed by atoms with van der Waals surface area (Å²) in [5.41, 5.74) is 0. The van der Waals surface area contributed by atoms with E-state index in [2.05, 4.69) is 72.3 Å². The molecule has 0 fully saturated rings. The maximum absolute atomic E-state index is 8.57. The molecule has 0 saturated heterocycles. The van der Waals surface area contributed by atoms with E-state index in [1.807, 2.05) is 0 Å². The van der Waals surface area contributed by atoms with Gasteiger partial charge in [-0.3, -0.25) is 4.79 Å². The van der Waals surface area contributed by atoms with Crippen LogP contribution >= 0.6 is 11.6 Å². The molecule has 0 saturated carbocycles. The summed E-state index contributed by atoms with van der Waals surface area (Å²) >= 11 is 4.32. The van der Waals surface area contributed by atoms with Crippen LogP contribution in [0.15, 0.2) is 60.7 Å². The Hall–Kier alpha value is -1.86. The van der Waals surface area contributed by atoms with Gasteiger partial charge < -0.3 is 0 Å². The molecule has 1 nitrogen and oxygen atoms in total. The number of halogens is 1. The highest BCUT2D eigenvalue weighted by Crippen LogP contribution is 2.21. The van der Waals surface area contributed by atoms with E-state index in [1.54, 1.807) is 0 Å². The molecule has 0 aliphatic rings. The Morgan fingerprint density at radius 3 is 1.18 bits per heavy atom. The molecule has 0 aliphatic heterocycles. The third-order valence-corrected chi connectivity index (χ3v) is 2.61. The van der Waals surface area contributed by atoms with E-state index in [4.69, 9.17) is 4.79 Å². The number of hydrogen-bond acceptors (Lipinski definition) is 1. The highest BCUT2D eigenvalue weighted by Gasteiger charge is 1.95. The van der Waals surface area contributed by atoms with Crippen molar-refractivity contribution in [3.63, 3.8) is 0 Å². The van der Waals surface area contributed by atoms with Crippen LogP contribution in [0.5, 0.6) is 0 Å². The van der Waals surface area contributed by atoms with Crippen molar-refractivity contribution in [2.24, 2.45) is 0 Å². The van der Waals surface area contributed by atoms with Crippen molar-refractivity contribution < 1.29 is 4.79 Å². The zero-order valence-electron chi connectivity index (χ0n) is 9.14. The van der Waals surface area contributed by atoms with Crippen LogP contribution in [0.3, 0.4) is 0 Å². The van der Waals surface area contributed by atoms with Crippen LogP contribution < -0.4 is 0 Å². The first-order valence-corrected chi connectivity index (χ1v) is 5.70. The van der Waals surface area contributed by atoms with Crippen molar-refractivity contribution in [3.05, 3.63) is 60.7 Å². The van der Waals surface area contributed by atoms with E-state index in [1.165, 1.54) is 21.5 Å². The van der Waals surface area contributed by atoms with Crippen LogP contribution in [0.1, 0.15) is 0 Å². The van der Waals surface area contributed by atoms with Crippen LogP contribution in [0.2, 0.25) is 0 Å². The maximum Gasteiger partial charge on any atom is 0.208 e. The molecule has 0 amide bonds. The zero-order valence-corrected chi connectivity index (χ0v) is 9.89. The van der Waals surface area contributed by atoms with Crippen LogP contribution in [0.25, 0.3) is 21.5 Å². The molecule has 0 bridgehead atoms. The Balaban J connectivity index is 0.000000329. The first-order chi connectivity index (χ1) is 8.35. The molecule has 3 aromatic rings. The highest BCUT2D eigenvalue weighted by atomic mass is 35.5. The number of rotatable bonds is 0. The topological polar surface area (TPSA) is 17.1 Å². The molecule has 0 spiro atoms. The second kappa shape index (κ2) is 5.46. The van der Waals surface area contributed by atoms with Crippen molar-refractivity contribution >= 4 is 38.9 Å². The van der Waals surface area contributed by atoms with Gasteiger partial charge in [-0.15, -0.1) is 0 Å². The fourth-order valence-corrected chi connectivity index (χ4v) is 1.88. The average Bonchev–Trinajstić information content (AvgIpc) is 2.37. The third kappa shape index (κ3) is 2.63. The monoisotopic (exact) mass is 242 g/mol. The van der Waals surface area contributed by atoms with Crippen molar-refractivity contribution in [2.45, 2.75) is 0 Å². The van der Waals surface area contributed by atoms with Gasteiger partial charge in [0.25, 0.3) is 0 Å². The van der Waals surface area contributed by atoms with Crippen molar-refractivity contribution in [3.8, 4) is 0 Å². The van der Waals surface area contributed by atoms with Crippen molar-refractivity contribution in [1.29, 1.82) is 0 Å². The summed E-state index contributed by atoms with van der Waals surface area (Å²) in [6.07, 6.45) is 0. The first-order valence-electron chi connectivity index (χ1n) is 5.26. The Bertz CT molecular complexity index is 541. The van der Waals surface area contributed by atoms with Crippen LogP contribution in [0, 0.1) is 0 Å². The predicted molar refractivity (Wildman–Crippen MR) is 74.1 cm³/mol. The minimum absolute atomic E-state index is 0.222. The fourth-order valence-electron chi connectivity index (χ4n) is 1.88. The summed E-state index contributed by atoms with van der Waals surface area (Å²) in [6.45, 7) is 0. The maximum atomic E-state index is 8.57. The van der Waals surface area contributed by atoms with Gasteiger partial charge in [-0.05, 0) is 45.3 Å². The highest BCUT2D eigenvalue weighted by molar-refractivity contribution is 6.54. The second-order valence-corrected chi connectivity index (χ2v) is 3.81. The van der Waals surface area contributed by atoms with Gasteiger partial charge in [-0.25, -0.2) is 0 Å². The molecule has 0 unspecified atom stereocenters. The van der Waals surface area contributed by atoms with Crippen molar-refractivity contribution in [2.75, 3.05) is 0 Å². The standard InChI is InChI=1S/C14H10.CHClO/c1-2-6-12-10-14-8-4-3-7-13(14)9-11(12)5-1;2-1-3/h1-10H;1H. The fraction of sp³-hybridized carbons (Fsp3) is 0. The number of carbonyl (C=O) groups excluding carboxylic acids is 1. The molecule has 0 heterocycles. The lowest BCUT2D eigenvalue weighted by Gasteiger charge is -2.00. The van der Waals surface area contributed by atoms with Gasteiger partial charge in [0.05, 0.1) is 0 Å². The van der Waals surface area contributed by atoms with Crippen LogP contribution in [0.4, 0.5) is 0 Å². The minimum Gasteiger partial charge on any atom is -0.285 e. The molecule has 0 N–H and O–H groups in total. The molecule has 17 heavy (non-hydrogen) atoms. The molecular formula is C15H11ClO. The van der Waals surface area contributed by atoms with Gasteiger partial charge in [-0.2, -0.15) is 0 Å². The number of benzene rings is 3. The van der Waals surface area contributed by atoms with Crippen LogP contribution in [-0.2, 0) is 4.79 Å². The summed E-state index contributed by atoms with van der Waals surface area (Å²) in [7, 11) is 0. The van der Waals surface area contributed by atoms with E-state index in [-0.39, 0.29) is 5.75 Å². The molecule has 2 heteroatoms. The molecule has 84 valence electrons. The lowest BCUT2D eigenvalue weighted by Crippen LogP contribution is -1.74. The molecule has 0 aliphatic carbocycles. The molecule has 0 radical (unpaired) electrons. The third-order valence-electron chi connectivity index (χ3n) is 2.61. The normalized spacial score (nSPS) is 9.71. The zero-order chi connectivity index (χ0) is 12.1. The molecular weight excluding hydrogens is 232 g/mol. The predicted octanol–water partition coefficient (Wildman–Crippen LogP) is 4.41. The van der Waals surface area contributed by atoms with E-state index in [9.17, 15) is 0 Å². The first kappa shape index (κ1) is 11.6. The Labute approximate surface area is 105 Å². The van der Waals surface area contributed by atoms with E-state index >= 15 is 0 Å². The minimum atomic E-state index is 0.222. The van der Waals surface area contributed by atoms with Crippen LogP contribution in [-0.4, -0.2) is 5.75 Å². The van der Waals surface area contributed by atoms with Crippen molar-refractivity contribution in [1.82, 2.24) is 0 Å². The summed E-state index contributed by atoms with van der Waals surface area (Å²) in [6, 6.07) is 21.4. The smallest absolute Gasteiger partial charge is 0.208 e. The van der Waals surface area contributed by atoms with Gasteiger partial charge in [-0.1, -0.05) is 48.5 Å². The Morgan fingerprint density at radius 2 is 0.941 bits per heavy atom. The molecule has 0 aromatic heterocycles. The summed E-state index contributed by atoms with van der Waals surface area (Å²) < 4.78 is 0. The Morgan fingerprint density at radius 1 is 0.706 bits per heavy atom. The SMILES string of the molecule is O=CCl.c1ccc2cc3ccccc3cc2c1. The molecule has 0 atom stereocenters. The van der Waals surface area contributed by atoms with Gasteiger partial charge in [0.1, 0.15) is 0 Å². The van der Waals surface area contributed by atoms with Gasteiger partial charge >= 0.3 is 0 Å². The van der Waals surface area contributed by atoms with E-state index in [0.717, 1.165) is 0 Å². The van der Waals surface area contributed by atoms with Gasteiger partial charge in [0, 0.05) is 0 Å². The lowest BCUT2D eigenvalue weighted by molar-refractivity contribution is 0.569. The van der Waals surface area contributed by atoms with E-state index in [0.29, 0.717) is 0 Å². The number of hydrogen-bond donors (Lipinski definition) is 0. The summed E-state index contributed by atoms with van der Waals surface area (Å²) in [5.74, 6) is 0.222.